The van der Waals surface area contributed by atoms with Crippen molar-refractivity contribution in [3.8, 4) is 17.1 Å². The molecule has 0 saturated heterocycles. The van der Waals surface area contributed by atoms with Crippen molar-refractivity contribution in [3.63, 3.8) is 0 Å². The lowest BCUT2D eigenvalue weighted by Crippen LogP contribution is -2.29. The van der Waals surface area contributed by atoms with E-state index in [1.807, 2.05) is 31.2 Å². The van der Waals surface area contributed by atoms with E-state index < -0.39 is 0 Å². The van der Waals surface area contributed by atoms with Crippen molar-refractivity contribution >= 4 is 5.91 Å². The molecule has 0 aliphatic rings. The Bertz CT molecular complexity index is 640. The quantitative estimate of drug-likeness (QED) is 0.726. The Balaban J connectivity index is 1.78. The third-order valence-electron chi connectivity index (χ3n) is 3.57. The molecule has 0 aliphatic carbocycles. The lowest BCUT2D eigenvalue weighted by molar-refractivity contribution is -0.121. The molecule has 0 aliphatic heterocycles. The number of aliphatic hydroxyl groups excluding tert-OH is 1. The number of nitrogens with zero attached hydrogens (tertiary/aromatic N) is 2. The van der Waals surface area contributed by atoms with Crippen LogP contribution in [0.25, 0.3) is 11.4 Å². The highest BCUT2D eigenvalue weighted by Gasteiger charge is 2.10. The summed E-state index contributed by atoms with van der Waals surface area (Å²) in [6, 6.07) is 7.40. The predicted octanol–water partition coefficient (Wildman–Crippen LogP) is 1.81. The highest BCUT2D eigenvalue weighted by molar-refractivity contribution is 5.75. The van der Waals surface area contributed by atoms with Gasteiger partial charge in [0.1, 0.15) is 5.75 Å². The van der Waals surface area contributed by atoms with Crippen molar-refractivity contribution in [1.82, 2.24) is 15.5 Å². The maximum absolute atomic E-state index is 11.7. The van der Waals surface area contributed by atoms with Gasteiger partial charge in [0.25, 0.3) is 0 Å². The van der Waals surface area contributed by atoms with E-state index in [4.69, 9.17) is 14.4 Å². The Hall–Kier alpha value is -2.41. The van der Waals surface area contributed by atoms with E-state index in [-0.39, 0.29) is 18.4 Å². The van der Waals surface area contributed by atoms with Gasteiger partial charge in [-0.1, -0.05) is 12.1 Å². The van der Waals surface area contributed by atoms with E-state index in [1.54, 1.807) is 7.11 Å². The number of nitrogens with one attached hydrogen (secondary N) is 1. The fraction of sp³-hybridized carbons (Fsp3) is 0.471. The van der Waals surface area contributed by atoms with Crippen LogP contribution in [-0.2, 0) is 11.2 Å². The molecular formula is C17H23N3O4. The smallest absolute Gasteiger partial charge is 0.226 e. The summed E-state index contributed by atoms with van der Waals surface area (Å²) < 4.78 is 10.3. The average molecular weight is 333 g/mol. The summed E-state index contributed by atoms with van der Waals surface area (Å²) in [6.07, 6.45) is 1.56. The van der Waals surface area contributed by atoms with Crippen molar-refractivity contribution in [2.45, 2.75) is 26.2 Å². The Morgan fingerprint density at radius 3 is 2.79 bits per heavy atom. The van der Waals surface area contributed by atoms with Gasteiger partial charge in [0.15, 0.2) is 0 Å². The average Bonchev–Trinajstić information content (AvgIpc) is 3.08. The van der Waals surface area contributed by atoms with Crippen molar-refractivity contribution in [3.05, 3.63) is 30.2 Å². The zero-order valence-electron chi connectivity index (χ0n) is 14.0. The molecule has 2 rings (SSSR count). The number of aliphatic hydroxyl groups is 1. The monoisotopic (exact) mass is 333 g/mol. The minimum Gasteiger partial charge on any atom is -0.497 e. The minimum atomic E-state index is -0.0369. The summed E-state index contributed by atoms with van der Waals surface area (Å²) in [5.74, 6) is 1.83. The fourth-order valence-corrected chi connectivity index (χ4v) is 2.05. The summed E-state index contributed by atoms with van der Waals surface area (Å²) in [4.78, 5) is 16.0. The van der Waals surface area contributed by atoms with Crippen LogP contribution in [0.2, 0.25) is 0 Å². The third-order valence-corrected chi connectivity index (χ3v) is 3.57. The lowest BCUT2D eigenvalue weighted by Gasteiger charge is -2.08. The van der Waals surface area contributed by atoms with Gasteiger partial charge in [-0.25, -0.2) is 0 Å². The maximum Gasteiger partial charge on any atom is 0.226 e. The van der Waals surface area contributed by atoms with Crippen LogP contribution in [0.3, 0.4) is 0 Å². The number of aryl methyl sites for hydroxylation is 1. The normalized spacial score (nSPS) is 12.0. The summed E-state index contributed by atoms with van der Waals surface area (Å²) in [5, 5.41) is 15.7. The second-order valence-corrected chi connectivity index (χ2v) is 5.69. The molecule has 1 aromatic carbocycles. The van der Waals surface area contributed by atoms with Gasteiger partial charge in [0.2, 0.25) is 17.6 Å². The van der Waals surface area contributed by atoms with Crippen molar-refractivity contribution in [2.24, 2.45) is 5.92 Å². The molecular weight excluding hydrogens is 310 g/mol. The number of methoxy groups -OCH3 is 1. The molecule has 0 bridgehead atoms. The van der Waals surface area contributed by atoms with Gasteiger partial charge >= 0.3 is 0 Å². The van der Waals surface area contributed by atoms with E-state index in [0.29, 0.717) is 37.5 Å². The molecule has 1 unspecified atom stereocenters. The van der Waals surface area contributed by atoms with Gasteiger partial charge in [-0.2, -0.15) is 4.98 Å². The zero-order valence-corrected chi connectivity index (χ0v) is 14.0. The van der Waals surface area contributed by atoms with Crippen molar-refractivity contribution in [2.75, 3.05) is 20.3 Å². The molecule has 24 heavy (non-hydrogen) atoms. The summed E-state index contributed by atoms with van der Waals surface area (Å²) >= 11 is 0. The maximum atomic E-state index is 11.7. The number of amides is 1. The van der Waals surface area contributed by atoms with Gasteiger partial charge in [0.05, 0.1) is 7.11 Å². The number of benzene rings is 1. The highest BCUT2D eigenvalue weighted by atomic mass is 16.5. The molecule has 130 valence electrons. The fourth-order valence-electron chi connectivity index (χ4n) is 2.05. The van der Waals surface area contributed by atoms with Gasteiger partial charge < -0.3 is 19.7 Å². The first kappa shape index (κ1) is 17.9. The molecule has 0 radical (unpaired) electrons. The van der Waals surface area contributed by atoms with E-state index in [2.05, 4.69) is 15.5 Å². The topological polar surface area (TPSA) is 97.5 Å². The van der Waals surface area contributed by atoms with Crippen LogP contribution in [0.5, 0.6) is 5.75 Å². The molecule has 2 N–H and O–H groups in total. The molecule has 0 fully saturated rings. The number of aromatic nitrogens is 2. The lowest BCUT2D eigenvalue weighted by atomic mass is 10.2. The van der Waals surface area contributed by atoms with Gasteiger partial charge in [-0.15, -0.1) is 0 Å². The van der Waals surface area contributed by atoms with Crippen LogP contribution >= 0.6 is 0 Å². The number of hydrogen-bond donors (Lipinski definition) is 2. The molecule has 7 heteroatoms. The molecule has 1 atom stereocenters. The first-order chi connectivity index (χ1) is 11.6. The molecule has 1 aromatic heterocycles. The van der Waals surface area contributed by atoms with Crippen LogP contribution in [-0.4, -0.2) is 41.4 Å². The Morgan fingerprint density at radius 2 is 2.12 bits per heavy atom. The van der Waals surface area contributed by atoms with E-state index in [0.717, 1.165) is 11.3 Å². The van der Waals surface area contributed by atoms with Crippen LogP contribution in [0, 0.1) is 5.92 Å². The number of carbonyl (C=O) groups excluding carboxylic acids is 1. The van der Waals surface area contributed by atoms with Crippen LogP contribution in [0.1, 0.15) is 25.7 Å². The first-order valence-electron chi connectivity index (χ1n) is 7.97. The molecule has 0 spiro atoms. The van der Waals surface area contributed by atoms with E-state index >= 15 is 0 Å². The predicted molar refractivity (Wildman–Crippen MR) is 88.5 cm³/mol. The Kier molecular flexibility index (Phi) is 6.74. The zero-order chi connectivity index (χ0) is 17.4. The Morgan fingerprint density at radius 1 is 1.38 bits per heavy atom. The number of hydrogen-bond acceptors (Lipinski definition) is 6. The molecule has 1 heterocycles. The largest absolute Gasteiger partial charge is 0.497 e. The van der Waals surface area contributed by atoms with Crippen LogP contribution in [0.4, 0.5) is 0 Å². The number of rotatable bonds is 9. The van der Waals surface area contributed by atoms with Crippen molar-refractivity contribution in [1.29, 1.82) is 0 Å². The number of carbonyl (C=O) groups is 1. The van der Waals surface area contributed by atoms with Crippen molar-refractivity contribution < 1.29 is 19.2 Å². The van der Waals surface area contributed by atoms with Crippen LogP contribution < -0.4 is 10.1 Å². The second kappa shape index (κ2) is 9.02. The van der Waals surface area contributed by atoms with E-state index in [1.165, 1.54) is 0 Å². The minimum absolute atomic E-state index is 0.0369. The van der Waals surface area contributed by atoms with Gasteiger partial charge in [-0.3, -0.25) is 4.79 Å². The van der Waals surface area contributed by atoms with Gasteiger partial charge in [-0.05, 0) is 36.6 Å². The standard InChI is InChI=1S/C17H23N3O4/c1-12(11-21)10-18-15(22)4-3-5-16-19-17(20-24-16)13-6-8-14(23-2)9-7-13/h6-9,12,21H,3-5,10-11H2,1-2H3,(H,18,22). The van der Waals surface area contributed by atoms with Crippen LogP contribution in [0.15, 0.2) is 28.8 Å². The molecule has 2 aromatic rings. The molecule has 1 amide bonds. The summed E-state index contributed by atoms with van der Waals surface area (Å²) in [7, 11) is 1.61. The summed E-state index contributed by atoms with van der Waals surface area (Å²) in [6.45, 7) is 2.42. The van der Waals surface area contributed by atoms with Gasteiger partial charge in [0, 0.05) is 31.6 Å². The molecule has 7 nitrogen and oxygen atoms in total. The molecule has 0 saturated carbocycles. The SMILES string of the molecule is COc1ccc(-c2noc(CCCC(=O)NCC(C)CO)n2)cc1. The number of ether oxygens (including phenoxy) is 1. The Labute approximate surface area is 141 Å². The first-order valence-corrected chi connectivity index (χ1v) is 7.97. The third kappa shape index (κ3) is 5.34. The second-order valence-electron chi connectivity index (χ2n) is 5.69. The summed E-state index contributed by atoms with van der Waals surface area (Å²) in [5.41, 5.74) is 0.849. The van der Waals surface area contributed by atoms with E-state index in [9.17, 15) is 4.79 Å². The highest BCUT2D eigenvalue weighted by Crippen LogP contribution is 2.20.